The molecule has 1 aromatic rings. The van der Waals surface area contributed by atoms with Gasteiger partial charge in [0.05, 0.1) is 17.2 Å². The van der Waals surface area contributed by atoms with E-state index in [-0.39, 0.29) is 51.4 Å². The predicted molar refractivity (Wildman–Crippen MR) is 42.4 cm³/mol. The number of aromatic nitrogens is 1. The van der Waals surface area contributed by atoms with E-state index in [1.54, 1.807) is 0 Å². The molecule has 0 radical (unpaired) electrons. The van der Waals surface area contributed by atoms with Crippen molar-refractivity contribution < 1.29 is 64.6 Å². The van der Waals surface area contributed by atoms with Gasteiger partial charge in [0.25, 0.3) is 0 Å². The second-order valence-electron chi connectivity index (χ2n) is 2.36. The van der Waals surface area contributed by atoms with Crippen molar-refractivity contribution in [1.82, 2.24) is 4.98 Å². The van der Waals surface area contributed by atoms with Crippen LogP contribution in [-0.2, 0) is 18.8 Å². The number of nitrogens with zero attached hydrogens (tertiary/aromatic N) is 1. The largest absolute Gasteiger partial charge is 1.00 e. The molecule has 1 aromatic heterocycles. The van der Waals surface area contributed by atoms with Crippen LogP contribution >= 0.6 is 0 Å². The molecule has 8 heteroatoms. The quantitative estimate of drug-likeness (QED) is 0.440. The van der Waals surface area contributed by atoms with Gasteiger partial charge < -0.3 is 17.6 Å². The molecule has 0 spiro atoms. The molecule has 0 aliphatic rings. The van der Waals surface area contributed by atoms with Crippen LogP contribution < -0.4 is 56.9 Å². The first kappa shape index (κ1) is 15.1. The van der Waals surface area contributed by atoms with Crippen molar-refractivity contribution >= 4 is 12.6 Å². The zero-order chi connectivity index (χ0) is 10.9. The Hall–Kier alpha value is 0.0864. The summed E-state index contributed by atoms with van der Waals surface area (Å²) in [5.41, 5.74) is -3.00. The summed E-state index contributed by atoms with van der Waals surface area (Å²) in [4.78, 5) is 12.6. The van der Waals surface area contributed by atoms with E-state index < -0.39 is 27.9 Å². The number of H-pyrrole nitrogens is 1. The van der Waals surface area contributed by atoms with E-state index in [0.717, 1.165) is 0 Å². The average molecular weight is 258 g/mol. The summed E-state index contributed by atoms with van der Waals surface area (Å²) in [7, 11) is 0. The van der Waals surface area contributed by atoms with Gasteiger partial charge in [-0.25, -0.2) is 0 Å². The summed E-state index contributed by atoms with van der Waals surface area (Å²) in [5.74, 6) is 0. The molecule has 0 saturated carbocycles. The molecule has 15 heavy (non-hydrogen) atoms. The van der Waals surface area contributed by atoms with Gasteiger partial charge in [0.1, 0.15) is 0 Å². The number of halogens is 3. The summed E-state index contributed by atoms with van der Waals surface area (Å²) < 4.78 is 36.7. The van der Waals surface area contributed by atoms with Crippen molar-refractivity contribution in [3.8, 4) is 6.07 Å². The number of nitrogens with one attached hydrogen (secondary N) is 1. The third-order valence-electron chi connectivity index (χ3n) is 1.43. The van der Waals surface area contributed by atoms with Crippen molar-refractivity contribution in [3.63, 3.8) is 0 Å². The van der Waals surface area contributed by atoms with Crippen molar-refractivity contribution in [2.24, 2.45) is 0 Å². The molecule has 0 saturated heterocycles. The standard InChI is InChI=1S/C7H3F3N2OS.K/c8-7(9,10)4-1-5(13)12-6(14)3(4)2-11;/h1H,(H2,12,13,14);/q;+1/p-1. The predicted octanol–water partition coefficient (Wildman–Crippen LogP) is -1.82. The Morgan fingerprint density at radius 1 is 1.47 bits per heavy atom. The van der Waals surface area contributed by atoms with Gasteiger partial charge in [0.2, 0.25) is 5.56 Å². The molecule has 0 bridgehead atoms. The summed E-state index contributed by atoms with van der Waals surface area (Å²) in [6, 6.07) is 1.62. The maximum Gasteiger partial charge on any atom is 1.00 e. The van der Waals surface area contributed by atoms with Crippen molar-refractivity contribution in [1.29, 1.82) is 5.26 Å². The molecule has 1 N–H and O–H groups in total. The van der Waals surface area contributed by atoms with Crippen LogP contribution in [0.3, 0.4) is 0 Å². The topological polar surface area (TPSA) is 56.6 Å². The number of alkyl halides is 3. The normalized spacial score (nSPS) is 10.3. The maximum atomic E-state index is 12.2. The Kier molecular flexibility index (Phi) is 5.46. The number of nitriles is 1. The molecule has 74 valence electrons. The van der Waals surface area contributed by atoms with E-state index in [9.17, 15) is 18.0 Å². The van der Waals surface area contributed by atoms with Gasteiger partial charge in [-0.3, -0.25) is 4.79 Å². The molecular formula is C7H2F3KN2OS. The van der Waals surface area contributed by atoms with E-state index in [1.807, 2.05) is 4.98 Å². The van der Waals surface area contributed by atoms with Crippen LogP contribution in [0.25, 0.3) is 0 Å². The molecule has 0 atom stereocenters. The first-order chi connectivity index (χ1) is 6.36. The van der Waals surface area contributed by atoms with Gasteiger partial charge in [-0.05, 0) is 0 Å². The van der Waals surface area contributed by atoms with Gasteiger partial charge >= 0.3 is 57.6 Å². The Morgan fingerprint density at radius 3 is 2.40 bits per heavy atom. The fourth-order valence-electron chi connectivity index (χ4n) is 0.871. The van der Waals surface area contributed by atoms with Gasteiger partial charge in [-0.1, -0.05) is 5.03 Å². The molecule has 0 aliphatic heterocycles. The Balaban J connectivity index is 0.00000196. The van der Waals surface area contributed by atoms with Crippen molar-refractivity contribution in [2.45, 2.75) is 11.2 Å². The maximum absolute atomic E-state index is 12.2. The molecule has 1 heterocycles. The van der Waals surface area contributed by atoms with Gasteiger partial charge in [0, 0.05) is 6.07 Å². The van der Waals surface area contributed by atoms with Crippen LogP contribution in [0.5, 0.6) is 0 Å². The zero-order valence-corrected chi connectivity index (χ0v) is 11.4. The fourth-order valence-corrected chi connectivity index (χ4v) is 1.13. The van der Waals surface area contributed by atoms with Crippen LogP contribution in [-0.4, -0.2) is 4.98 Å². The Morgan fingerprint density at radius 2 is 2.00 bits per heavy atom. The minimum absolute atomic E-state index is 0. The van der Waals surface area contributed by atoms with E-state index in [1.165, 1.54) is 6.07 Å². The summed E-state index contributed by atoms with van der Waals surface area (Å²) in [6.45, 7) is 0. The number of rotatable bonds is 0. The molecule has 0 aromatic carbocycles. The summed E-state index contributed by atoms with van der Waals surface area (Å²) in [5, 5.41) is 7.92. The summed E-state index contributed by atoms with van der Waals surface area (Å²) in [6.07, 6.45) is -4.74. The fraction of sp³-hybridized carbons (Fsp3) is 0.143. The van der Waals surface area contributed by atoms with E-state index in [0.29, 0.717) is 6.07 Å². The van der Waals surface area contributed by atoms with Crippen LogP contribution in [0, 0.1) is 11.3 Å². The second-order valence-corrected chi connectivity index (χ2v) is 2.77. The van der Waals surface area contributed by atoms with Gasteiger partial charge in [0.15, 0.2) is 0 Å². The third kappa shape index (κ3) is 3.55. The molecular weight excluding hydrogens is 256 g/mol. The molecule has 0 aliphatic carbocycles. The van der Waals surface area contributed by atoms with Gasteiger partial charge in [-0.2, -0.15) is 18.4 Å². The number of aromatic amines is 1. The minimum atomic E-state index is -4.74. The van der Waals surface area contributed by atoms with E-state index in [4.69, 9.17) is 5.26 Å². The first-order valence-corrected chi connectivity index (χ1v) is 3.68. The van der Waals surface area contributed by atoms with E-state index in [2.05, 4.69) is 12.6 Å². The first-order valence-electron chi connectivity index (χ1n) is 3.28. The van der Waals surface area contributed by atoms with Gasteiger partial charge in [-0.15, -0.1) is 0 Å². The average Bonchev–Trinajstić information content (AvgIpc) is 2.01. The van der Waals surface area contributed by atoms with Crippen LogP contribution in [0.4, 0.5) is 13.2 Å². The Bertz CT molecular complexity index is 463. The molecule has 0 fully saturated rings. The van der Waals surface area contributed by atoms with Crippen LogP contribution in [0.1, 0.15) is 11.1 Å². The third-order valence-corrected chi connectivity index (χ3v) is 1.73. The number of pyridine rings is 1. The van der Waals surface area contributed by atoms with E-state index >= 15 is 0 Å². The number of hydrogen-bond acceptors (Lipinski definition) is 3. The number of hydrogen-bond donors (Lipinski definition) is 1. The molecule has 1 rings (SSSR count). The van der Waals surface area contributed by atoms with Crippen LogP contribution in [0.15, 0.2) is 15.9 Å². The SMILES string of the molecule is N#Cc1c(C(F)(F)F)cc(=O)[nH]c1[S-].[K+]. The monoisotopic (exact) mass is 258 g/mol. The smallest absolute Gasteiger partial charge is 0.761 e. The molecule has 3 nitrogen and oxygen atoms in total. The Labute approximate surface area is 131 Å². The van der Waals surface area contributed by atoms with Crippen molar-refractivity contribution in [3.05, 3.63) is 27.5 Å². The van der Waals surface area contributed by atoms with Crippen LogP contribution in [0.2, 0.25) is 0 Å². The zero-order valence-electron chi connectivity index (χ0n) is 7.47. The minimum Gasteiger partial charge on any atom is -0.761 e. The summed E-state index contributed by atoms with van der Waals surface area (Å²) >= 11 is 4.42. The van der Waals surface area contributed by atoms with Crippen molar-refractivity contribution in [2.75, 3.05) is 0 Å². The molecule has 0 unspecified atom stereocenters. The molecule has 0 amide bonds. The second kappa shape index (κ2) is 5.43.